The van der Waals surface area contributed by atoms with Crippen molar-refractivity contribution in [2.24, 2.45) is 0 Å². The van der Waals surface area contributed by atoms with Crippen LogP contribution >= 0.6 is 0 Å². The number of ether oxygens (including phenoxy) is 2. The highest BCUT2D eigenvalue weighted by Crippen LogP contribution is 2.44. The minimum atomic E-state index is -4.89. The van der Waals surface area contributed by atoms with Crippen molar-refractivity contribution in [1.29, 1.82) is 0 Å². The Hall–Kier alpha value is -3.31. The van der Waals surface area contributed by atoms with Crippen LogP contribution in [0.15, 0.2) is 30.3 Å². The van der Waals surface area contributed by atoms with Crippen molar-refractivity contribution in [3.05, 3.63) is 41.5 Å². The Morgan fingerprint density at radius 3 is 2.47 bits per heavy atom. The summed E-state index contributed by atoms with van der Waals surface area (Å²) in [6, 6.07) is 4.91. The van der Waals surface area contributed by atoms with E-state index in [0.29, 0.717) is 12.8 Å². The molecule has 0 unspecified atom stereocenters. The Morgan fingerprint density at radius 1 is 1.12 bits per heavy atom. The van der Waals surface area contributed by atoms with E-state index in [4.69, 9.17) is 4.74 Å². The standard InChI is InChI=1S/C22H20F6N2O4.H2/c23-21(24,25)14-8-13(11-3-1-2-4-11)17(31)9-15(14)30-20(32)19-10-29-16-7-12(34-22(26,27)28)5-6-18(16)33-19;/h5-9,11,19,29,31H,1-4,10H2,(H,30,32);1H/t19-;/m1./s1. The fourth-order valence-electron chi connectivity index (χ4n) is 4.21. The first-order chi connectivity index (χ1) is 15.9. The van der Waals surface area contributed by atoms with Gasteiger partial charge in [0.1, 0.15) is 17.2 Å². The summed E-state index contributed by atoms with van der Waals surface area (Å²) < 4.78 is 87.6. The molecular formula is C22H22F6N2O4. The number of hydrogen-bond acceptors (Lipinski definition) is 5. The summed E-state index contributed by atoms with van der Waals surface area (Å²) in [6.07, 6.45) is -7.87. The predicted molar refractivity (Wildman–Crippen MR) is 111 cm³/mol. The summed E-state index contributed by atoms with van der Waals surface area (Å²) in [5, 5.41) is 15.2. The van der Waals surface area contributed by atoms with Gasteiger partial charge in [0.25, 0.3) is 5.91 Å². The zero-order chi connectivity index (χ0) is 24.7. The van der Waals surface area contributed by atoms with Gasteiger partial charge in [0.2, 0.25) is 0 Å². The van der Waals surface area contributed by atoms with E-state index in [1.807, 2.05) is 0 Å². The lowest BCUT2D eigenvalue weighted by Gasteiger charge is -2.27. The fourth-order valence-corrected chi connectivity index (χ4v) is 4.21. The number of carbonyl (C=O) groups is 1. The molecular weight excluding hydrogens is 470 g/mol. The summed E-state index contributed by atoms with van der Waals surface area (Å²) in [6.45, 7) is -0.220. The molecule has 2 aromatic rings. The Balaban J connectivity index is 0.00000342. The Bertz CT molecular complexity index is 1090. The van der Waals surface area contributed by atoms with Gasteiger partial charge in [-0.15, -0.1) is 13.2 Å². The molecule has 2 aliphatic rings. The number of benzene rings is 2. The van der Waals surface area contributed by atoms with Crippen LogP contribution < -0.4 is 20.1 Å². The van der Waals surface area contributed by atoms with Crippen LogP contribution in [0, 0.1) is 0 Å². The van der Waals surface area contributed by atoms with Gasteiger partial charge in [0.05, 0.1) is 23.5 Å². The molecule has 2 aromatic carbocycles. The molecule has 4 rings (SSSR count). The molecule has 1 saturated carbocycles. The summed E-state index contributed by atoms with van der Waals surface area (Å²) >= 11 is 0. The molecule has 0 aromatic heterocycles. The monoisotopic (exact) mass is 492 g/mol. The lowest BCUT2D eigenvalue weighted by atomic mass is 9.94. The first-order valence-electron chi connectivity index (χ1n) is 10.5. The van der Waals surface area contributed by atoms with Crippen molar-refractivity contribution >= 4 is 17.3 Å². The summed E-state index contributed by atoms with van der Waals surface area (Å²) in [5.74, 6) is -1.92. The van der Waals surface area contributed by atoms with Crippen LogP contribution in [0.1, 0.15) is 44.2 Å². The molecule has 0 spiro atoms. The van der Waals surface area contributed by atoms with Gasteiger partial charge in [-0.1, -0.05) is 12.8 Å². The molecule has 6 nitrogen and oxygen atoms in total. The topological polar surface area (TPSA) is 79.8 Å². The van der Waals surface area contributed by atoms with Gasteiger partial charge in [0.15, 0.2) is 6.10 Å². The number of alkyl halides is 6. The van der Waals surface area contributed by atoms with Gasteiger partial charge >= 0.3 is 12.5 Å². The number of carbonyl (C=O) groups excluding carboxylic acids is 1. The molecule has 1 atom stereocenters. The van der Waals surface area contributed by atoms with Crippen molar-refractivity contribution in [3.63, 3.8) is 0 Å². The molecule has 3 N–H and O–H groups in total. The van der Waals surface area contributed by atoms with Gasteiger partial charge in [-0.05, 0) is 42.5 Å². The van der Waals surface area contributed by atoms with Crippen LogP contribution in [0.5, 0.6) is 17.2 Å². The van der Waals surface area contributed by atoms with Gasteiger partial charge in [-0.2, -0.15) is 13.2 Å². The van der Waals surface area contributed by atoms with E-state index in [2.05, 4.69) is 15.4 Å². The largest absolute Gasteiger partial charge is 0.573 e. The van der Waals surface area contributed by atoms with Gasteiger partial charge in [-0.25, -0.2) is 0 Å². The van der Waals surface area contributed by atoms with E-state index in [1.165, 1.54) is 0 Å². The number of phenolic OH excluding ortho intramolecular Hbond substituents is 1. The highest BCUT2D eigenvalue weighted by atomic mass is 19.4. The van der Waals surface area contributed by atoms with E-state index in [0.717, 1.165) is 43.2 Å². The number of phenols is 1. The van der Waals surface area contributed by atoms with Crippen molar-refractivity contribution in [2.75, 3.05) is 17.2 Å². The highest BCUT2D eigenvalue weighted by molar-refractivity contribution is 5.96. The highest BCUT2D eigenvalue weighted by Gasteiger charge is 2.37. The van der Waals surface area contributed by atoms with Crippen molar-refractivity contribution in [2.45, 2.75) is 50.2 Å². The Labute approximate surface area is 191 Å². The van der Waals surface area contributed by atoms with Crippen molar-refractivity contribution in [1.82, 2.24) is 0 Å². The third kappa shape index (κ3) is 5.26. The number of aromatic hydroxyl groups is 1. The first kappa shape index (κ1) is 23.8. The number of rotatable bonds is 4. The second-order valence-electron chi connectivity index (χ2n) is 8.12. The van der Waals surface area contributed by atoms with Crippen LogP contribution in [0.4, 0.5) is 37.7 Å². The summed E-state index contributed by atoms with van der Waals surface area (Å²) in [7, 11) is 0. The van der Waals surface area contributed by atoms with E-state index in [-0.39, 0.29) is 36.6 Å². The summed E-state index contributed by atoms with van der Waals surface area (Å²) in [4.78, 5) is 12.7. The number of amides is 1. The van der Waals surface area contributed by atoms with E-state index in [9.17, 15) is 36.2 Å². The SMILES string of the molecule is O=C(Nc1cc(O)c(C2CCCC2)cc1C(F)(F)F)[C@H]1CNc2cc(OC(F)(F)F)ccc2O1.[HH]. The zero-order valence-corrected chi connectivity index (χ0v) is 17.5. The molecule has 1 fully saturated rings. The molecule has 0 radical (unpaired) electrons. The van der Waals surface area contributed by atoms with E-state index >= 15 is 0 Å². The molecule has 1 amide bonds. The first-order valence-corrected chi connectivity index (χ1v) is 10.5. The number of nitrogens with one attached hydrogen (secondary N) is 2. The molecule has 1 aliphatic carbocycles. The van der Waals surface area contributed by atoms with Crippen LogP contribution in [-0.2, 0) is 11.0 Å². The van der Waals surface area contributed by atoms with Crippen LogP contribution in [0.25, 0.3) is 0 Å². The maximum absolute atomic E-state index is 13.7. The quantitative estimate of drug-likeness (QED) is 0.455. The van der Waals surface area contributed by atoms with Gasteiger partial charge in [-0.3, -0.25) is 4.79 Å². The lowest BCUT2D eigenvalue weighted by molar-refractivity contribution is -0.274. The molecule has 0 bridgehead atoms. The van der Waals surface area contributed by atoms with Crippen LogP contribution in [-0.4, -0.2) is 30.0 Å². The number of fused-ring (bicyclic) bond motifs is 1. The van der Waals surface area contributed by atoms with Crippen molar-refractivity contribution < 1.29 is 47.1 Å². The maximum atomic E-state index is 13.7. The zero-order valence-electron chi connectivity index (χ0n) is 17.5. The smallest absolute Gasteiger partial charge is 0.508 e. The average Bonchev–Trinajstić information content (AvgIpc) is 3.26. The van der Waals surface area contributed by atoms with Crippen LogP contribution in [0.3, 0.4) is 0 Å². The number of anilines is 2. The second kappa shape index (κ2) is 8.80. The van der Waals surface area contributed by atoms with Gasteiger partial charge < -0.3 is 25.2 Å². The minimum absolute atomic E-state index is 0. The van der Waals surface area contributed by atoms with Crippen LogP contribution in [0.2, 0.25) is 0 Å². The third-order valence-electron chi connectivity index (χ3n) is 5.75. The normalized spacial score (nSPS) is 18.6. The minimum Gasteiger partial charge on any atom is -0.508 e. The summed E-state index contributed by atoms with van der Waals surface area (Å²) in [5.41, 5.74) is -1.37. The molecule has 0 saturated heterocycles. The Morgan fingerprint density at radius 2 is 1.82 bits per heavy atom. The van der Waals surface area contributed by atoms with E-state index < -0.39 is 41.6 Å². The third-order valence-corrected chi connectivity index (χ3v) is 5.75. The molecule has 1 heterocycles. The van der Waals surface area contributed by atoms with Gasteiger partial charge in [0, 0.05) is 13.6 Å². The number of hydrogen-bond donors (Lipinski definition) is 3. The fraction of sp³-hybridized carbons (Fsp3) is 0.409. The molecule has 34 heavy (non-hydrogen) atoms. The average molecular weight is 492 g/mol. The second-order valence-corrected chi connectivity index (χ2v) is 8.12. The Kier molecular flexibility index (Phi) is 6.17. The maximum Gasteiger partial charge on any atom is 0.573 e. The lowest BCUT2D eigenvalue weighted by Crippen LogP contribution is -2.41. The number of halogens is 6. The molecule has 186 valence electrons. The molecule has 1 aliphatic heterocycles. The predicted octanol–water partition coefficient (Wildman–Crippen LogP) is 6.02. The van der Waals surface area contributed by atoms with Crippen molar-refractivity contribution in [3.8, 4) is 17.2 Å². The molecule has 12 heteroatoms. The van der Waals surface area contributed by atoms with E-state index in [1.54, 1.807) is 0 Å².